The van der Waals surface area contributed by atoms with Gasteiger partial charge in [-0.2, -0.15) is 0 Å². The number of benzene rings is 1. The van der Waals surface area contributed by atoms with Gasteiger partial charge in [-0.25, -0.2) is 0 Å². The molecule has 0 aliphatic heterocycles. The molecule has 1 aromatic carbocycles. The topological polar surface area (TPSA) is 44.8 Å². The Bertz CT molecular complexity index is 422. The van der Waals surface area contributed by atoms with Crippen molar-refractivity contribution in [1.82, 2.24) is 0 Å². The van der Waals surface area contributed by atoms with Crippen LogP contribution in [0.1, 0.15) is 12.5 Å². The number of hydrogen-bond donors (Lipinski definition) is 0. The largest absolute Gasteiger partial charge is 0.505 e. The first-order valence-corrected chi connectivity index (χ1v) is 5.52. The Kier molecular flexibility index (Phi) is 4.77. The van der Waals surface area contributed by atoms with E-state index in [4.69, 9.17) is 14.2 Å². The van der Waals surface area contributed by atoms with Gasteiger partial charge in [-0.3, -0.25) is 4.79 Å². The Balaban J connectivity index is 3.16. The summed E-state index contributed by atoms with van der Waals surface area (Å²) in [4.78, 5) is 11.9. The van der Waals surface area contributed by atoms with E-state index in [1.54, 1.807) is 32.2 Å². The summed E-state index contributed by atoms with van der Waals surface area (Å²) in [5.74, 6) is 0.391. The maximum Gasteiger partial charge on any atom is 0.320 e. The highest BCUT2D eigenvalue weighted by Crippen LogP contribution is 2.28. The molecule has 0 aromatic heterocycles. The summed E-state index contributed by atoms with van der Waals surface area (Å²) >= 11 is 0. The van der Waals surface area contributed by atoms with Gasteiger partial charge in [0.1, 0.15) is 11.2 Å². The van der Waals surface area contributed by atoms with E-state index in [-0.39, 0.29) is 5.97 Å². The first-order valence-electron chi connectivity index (χ1n) is 5.52. The molecule has 18 heavy (non-hydrogen) atoms. The van der Waals surface area contributed by atoms with E-state index in [0.29, 0.717) is 0 Å². The van der Waals surface area contributed by atoms with Crippen LogP contribution in [0.5, 0.6) is 5.75 Å². The van der Waals surface area contributed by atoms with Crippen LogP contribution in [0.2, 0.25) is 0 Å². The average Bonchev–Trinajstić information content (AvgIpc) is 2.43. The van der Waals surface area contributed by atoms with Crippen LogP contribution in [0.4, 0.5) is 0 Å². The molecule has 0 saturated carbocycles. The molecule has 0 spiro atoms. The zero-order chi connectivity index (χ0) is 13.6. The number of methoxy groups -OCH3 is 3. The summed E-state index contributed by atoms with van der Waals surface area (Å²) in [6, 6.07) is 7.26. The van der Waals surface area contributed by atoms with Crippen molar-refractivity contribution in [2.45, 2.75) is 12.3 Å². The molecule has 0 aliphatic carbocycles. The van der Waals surface area contributed by atoms with Crippen molar-refractivity contribution in [2.75, 3.05) is 21.3 Å². The highest BCUT2D eigenvalue weighted by Gasteiger charge is 2.34. The zero-order valence-corrected chi connectivity index (χ0v) is 11.1. The van der Waals surface area contributed by atoms with Crippen molar-refractivity contribution in [2.24, 2.45) is 0 Å². The Hall–Kier alpha value is -1.97. The van der Waals surface area contributed by atoms with Crippen LogP contribution in [-0.2, 0) is 19.7 Å². The molecule has 0 N–H and O–H groups in total. The molecule has 0 aliphatic rings. The molecule has 0 radical (unpaired) electrons. The normalized spacial score (nSPS) is 14.0. The van der Waals surface area contributed by atoms with E-state index < -0.39 is 5.41 Å². The van der Waals surface area contributed by atoms with Crippen LogP contribution < -0.4 is 4.74 Å². The summed E-state index contributed by atoms with van der Waals surface area (Å²) in [5, 5.41) is 0. The van der Waals surface area contributed by atoms with Gasteiger partial charge in [-0.1, -0.05) is 12.1 Å². The lowest BCUT2D eigenvalue weighted by molar-refractivity contribution is -0.145. The van der Waals surface area contributed by atoms with E-state index in [1.165, 1.54) is 20.5 Å². The predicted molar refractivity (Wildman–Crippen MR) is 68.5 cm³/mol. The number of ether oxygens (including phenoxy) is 3. The third kappa shape index (κ3) is 2.83. The second kappa shape index (κ2) is 6.10. The first-order chi connectivity index (χ1) is 8.58. The van der Waals surface area contributed by atoms with Gasteiger partial charge in [0.2, 0.25) is 0 Å². The van der Waals surface area contributed by atoms with Gasteiger partial charge in [-0.15, -0.1) is 0 Å². The van der Waals surface area contributed by atoms with Crippen molar-refractivity contribution in [3.63, 3.8) is 0 Å². The van der Waals surface area contributed by atoms with E-state index >= 15 is 0 Å². The van der Waals surface area contributed by atoms with Crippen LogP contribution in [-0.4, -0.2) is 27.3 Å². The Labute approximate surface area is 107 Å². The third-order valence-electron chi connectivity index (χ3n) is 2.84. The quantitative estimate of drug-likeness (QED) is 0.594. The Morgan fingerprint density at radius 2 is 1.78 bits per heavy atom. The highest BCUT2D eigenvalue weighted by atomic mass is 16.5. The molecule has 4 nitrogen and oxygen atoms in total. The van der Waals surface area contributed by atoms with Gasteiger partial charge >= 0.3 is 5.97 Å². The molecule has 0 saturated heterocycles. The van der Waals surface area contributed by atoms with Gasteiger partial charge < -0.3 is 14.2 Å². The molecule has 1 aromatic rings. The van der Waals surface area contributed by atoms with Gasteiger partial charge in [-0.05, 0) is 30.7 Å². The molecule has 0 amide bonds. The number of esters is 1. The van der Waals surface area contributed by atoms with Crippen molar-refractivity contribution >= 4 is 5.97 Å². The molecule has 0 unspecified atom stereocenters. The average molecular weight is 250 g/mol. The maximum absolute atomic E-state index is 11.9. The van der Waals surface area contributed by atoms with Crippen LogP contribution >= 0.6 is 0 Å². The van der Waals surface area contributed by atoms with Gasteiger partial charge in [0.15, 0.2) is 0 Å². The monoisotopic (exact) mass is 250 g/mol. The smallest absolute Gasteiger partial charge is 0.320 e. The summed E-state index contributed by atoms with van der Waals surface area (Å²) < 4.78 is 14.8. The molecule has 1 rings (SSSR count). The molecule has 0 fully saturated rings. The number of carbonyl (C=O) groups is 1. The molecule has 98 valence electrons. The van der Waals surface area contributed by atoms with Crippen molar-refractivity contribution < 1.29 is 19.0 Å². The Morgan fingerprint density at radius 1 is 1.17 bits per heavy atom. The van der Waals surface area contributed by atoms with E-state index in [0.717, 1.165) is 11.3 Å². The summed E-state index contributed by atoms with van der Waals surface area (Å²) in [6.07, 6.45) is 3.14. The molecule has 4 heteroatoms. The highest BCUT2D eigenvalue weighted by molar-refractivity contribution is 5.85. The van der Waals surface area contributed by atoms with Crippen LogP contribution in [0.25, 0.3) is 0 Å². The van der Waals surface area contributed by atoms with Crippen molar-refractivity contribution in [1.29, 1.82) is 0 Å². The fourth-order valence-electron chi connectivity index (χ4n) is 1.64. The minimum absolute atomic E-state index is 0.346. The van der Waals surface area contributed by atoms with Crippen LogP contribution in [0.3, 0.4) is 0 Å². The van der Waals surface area contributed by atoms with Crippen molar-refractivity contribution in [3.05, 3.63) is 42.2 Å². The molecule has 0 bridgehead atoms. The van der Waals surface area contributed by atoms with Gasteiger partial charge in [0.25, 0.3) is 0 Å². The number of hydrogen-bond acceptors (Lipinski definition) is 4. The van der Waals surface area contributed by atoms with E-state index in [2.05, 4.69) is 0 Å². The fourth-order valence-corrected chi connectivity index (χ4v) is 1.64. The standard InChI is InChI=1S/C14H18O4/c1-14(9-10-16-2,13(15)18-4)11-5-7-12(17-3)8-6-11/h5-10H,1-4H3/b10-9+/t14-/m1/s1. The summed E-state index contributed by atoms with van der Waals surface area (Å²) in [5.41, 5.74) is -0.0692. The summed E-state index contributed by atoms with van der Waals surface area (Å²) in [6.45, 7) is 1.77. The molecular weight excluding hydrogens is 232 g/mol. The van der Waals surface area contributed by atoms with E-state index in [9.17, 15) is 4.79 Å². The second-order valence-corrected chi connectivity index (χ2v) is 3.96. The SMILES string of the molecule is CO/C=C/[C@@](C)(C(=O)OC)c1ccc(OC)cc1. The number of rotatable bonds is 5. The minimum Gasteiger partial charge on any atom is -0.505 e. The molecule has 0 heterocycles. The lowest BCUT2D eigenvalue weighted by Gasteiger charge is -2.23. The minimum atomic E-state index is -0.878. The third-order valence-corrected chi connectivity index (χ3v) is 2.84. The maximum atomic E-state index is 11.9. The first kappa shape index (κ1) is 14.1. The number of carbonyl (C=O) groups excluding carboxylic acids is 1. The molecular formula is C14H18O4. The lowest BCUT2D eigenvalue weighted by Crippen LogP contribution is -2.31. The predicted octanol–water partition coefficient (Wildman–Crippen LogP) is 2.29. The van der Waals surface area contributed by atoms with Crippen molar-refractivity contribution in [3.8, 4) is 5.75 Å². The Morgan fingerprint density at radius 3 is 2.22 bits per heavy atom. The van der Waals surface area contributed by atoms with Crippen LogP contribution in [0.15, 0.2) is 36.6 Å². The summed E-state index contributed by atoms with van der Waals surface area (Å²) in [7, 11) is 4.49. The molecule has 1 atom stereocenters. The second-order valence-electron chi connectivity index (χ2n) is 3.96. The zero-order valence-electron chi connectivity index (χ0n) is 11.1. The van der Waals surface area contributed by atoms with Crippen LogP contribution in [0, 0.1) is 0 Å². The van der Waals surface area contributed by atoms with Gasteiger partial charge in [0.05, 0.1) is 27.6 Å². The van der Waals surface area contributed by atoms with E-state index in [1.807, 2.05) is 12.1 Å². The van der Waals surface area contributed by atoms with Gasteiger partial charge in [0, 0.05) is 0 Å². The lowest BCUT2D eigenvalue weighted by atomic mass is 9.82. The fraction of sp³-hybridized carbons (Fsp3) is 0.357.